The van der Waals surface area contributed by atoms with Gasteiger partial charge in [0.2, 0.25) is 5.88 Å². The molecule has 0 aromatic carbocycles. The fourth-order valence-corrected chi connectivity index (χ4v) is 4.45. The van der Waals surface area contributed by atoms with Crippen LogP contribution in [-0.2, 0) is 18.3 Å². The number of hydrogen-bond acceptors (Lipinski definition) is 6. The van der Waals surface area contributed by atoms with Crippen LogP contribution in [0.15, 0.2) is 24.4 Å². The maximum Gasteiger partial charge on any atom is 0.231 e. The lowest BCUT2D eigenvalue weighted by Crippen LogP contribution is -2.24. The second-order valence-corrected chi connectivity index (χ2v) is 9.69. The van der Waals surface area contributed by atoms with Crippen molar-refractivity contribution in [2.75, 3.05) is 24.6 Å². The van der Waals surface area contributed by atoms with E-state index in [0.717, 1.165) is 55.9 Å². The van der Waals surface area contributed by atoms with Crippen LogP contribution in [0, 0.1) is 17.2 Å². The van der Waals surface area contributed by atoms with Gasteiger partial charge in [-0.15, -0.1) is 5.10 Å². The molecule has 31 heavy (non-hydrogen) atoms. The normalized spacial score (nSPS) is 18.4. The molecule has 1 fully saturated rings. The van der Waals surface area contributed by atoms with Gasteiger partial charge in [-0.3, -0.25) is 0 Å². The van der Waals surface area contributed by atoms with Crippen LogP contribution < -0.4 is 9.64 Å². The molecule has 3 aromatic heterocycles. The molecule has 7 heteroatoms. The summed E-state index contributed by atoms with van der Waals surface area (Å²) >= 11 is 0. The third-order valence-electron chi connectivity index (χ3n) is 6.27. The lowest BCUT2D eigenvalue weighted by atomic mass is 9.93. The summed E-state index contributed by atoms with van der Waals surface area (Å²) in [6, 6.07) is 8.23. The van der Waals surface area contributed by atoms with E-state index in [1.807, 2.05) is 24.4 Å². The standard InChI is InChI=1S/C24H28N6O/c1-24(2,3)20-14-30-21(27-20)7-8-22(28-30)31-15-16-9-10-29(13-16)23-18(12-25)11-17-5-4-6-19(17)26-23/h7-8,11,14,16H,4-6,9-10,13,15H2,1-3H3. The van der Waals surface area contributed by atoms with Gasteiger partial charge >= 0.3 is 0 Å². The van der Waals surface area contributed by atoms with Crippen LogP contribution in [0.2, 0.25) is 0 Å². The molecule has 0 saturated carbocycles. The van der Waals surface area contributed by atoms with Crippen LogP contribution in [0.4, 0.5) is 5.82 Å². The minimum atomic E-state index is -0.0180. The molecule has 1 atom stereocenters. The van der Waals surface area contributed by atoms with E-state index in [0.29, 0.717) is 24.0 Å². The first-order valence-corrected chi connectivity index (χ1v) is 11.1. The predicted molar refractivity (Wildman–Crippen MR) is 118 cm³/mol. The van der Waals surface area contributed by atoms with Crippen molar-refractivity contribution in [1.29, 1.82) is 5.26 Å². The summed E-state index contributed by atoms with van der Waals surface area (Å²) in [5.41, 5.74) is 4.94. The maximum absolute atomic E-state index is 9.61. The van der Waals surface area contributed by atoms with Crippen molar-refractivity contribution in [2.24, 2.45) is 5.92 Å². The summed E-state index contributed by atoms with van der Waals surface area (Å²) in [5, 5.41) is 14.2. The Hall–Kier alpha value is -3.14. The van der Waals surface area contributed by atoms with E-state index in [1.165, 1.54) is 11.3 Å². The molecule has 5 rings (SSSR count). The zero-order chi connectivity index (χ0) is 21.6. The van der Waals surface area contributed by atoms with Gasteiger partial charge in [0.05, 0.1) is 24.1 Å². The van der Waals surface area contributed by atoms with Crippen molar-refractivity contribution < 1.29 is 4.74 Å². The first-order valence-electron chi connectivity index (χ1n) is 11.1. The van der Waals surface area contributed by atoms with Crippen LogP contribution in [0.3, 0.4) is 0 Å². The van der Waals surface area contributed by atoms with Crippen LogP contribution in [0.5, 0.6) is 5.88 Å². The van der Waals surface area contributed by atoms with Gasteiger partial charge in [-0.25, -0.2) is 14.5 Å². The number of rotatable bonds is 4. The number of pyridine rings is 1. The Bertz CT molecular complexity index is 1170. The van der Waals surface area contributed by atoms with Gasteiger partial charge < -0.3 is 9.64 Å². The Balaban J connectivity index is 1.25. The first-order chi connectivity index (χ1) is 14.9. The fourth-order valence-electron chi connectivity index (χ4n) is 4.45. The van der Waals surface area contributed by atoms with E-state index in [9.17, 15) is 5.26 Å². The number of nitrogens with zero attached hydrogens (tertiary/aromatic N) is 6. The van der Waals surface area contributed by atoms with Gasteiger partial charge in [0, 0.05) is 36.2 Å². The average Bonchev–Trinajstić information content (AvgIpc) is 3.48. The highest BCUT2D eigenvalue weighted by molar-refractivity contribution is 5.57. The van der Waals surface area contributed by atoms with Crippen molar-refractivity contribution in [3.63, 3.8) is 0 Å². The molecule has 0 radical (unpaired) electrons. The van der Waals surface area contributed by atoms with E-state index < -0.39 is 0 Å². The molecule has 160 valence electrons. The van der Waals surface area contributed by atoms with Gasteiger partial charge in [-0.2, -0.15) is 5.26 Å². The molecule has 0 amide bonds. The van der Waals surface area contributed by atoms with Gasteiger partial charge in [0.1, 0.15) is 11.9 Å². The summed E-state index contributed by atoms with van der Waals surface area (Å²) in [6.45, 7) is 8.78. The van der Waals surface area contributed by atoms with Crippen molar-refractivity contribution in [3.05, 3.63) is 46.9 Å². The van der Waals surface area contributed by atoms with Crippen LogP contribution in [-0.4, -0.2) is 39.3 Å². The highest BCUT2D eigenvalue weighted by atomic mass is 16.5. The van der Waals surface area contributed by atoms with E-state index in [1.54, 1.807) is 4.52 Å². The molecule has 4 heterocycles. The molecule has 0 spiro atoms. The highest BCUT2D eigenvalue weighted by Crippen LogP contribution is 2.30. The lowest BCUT2D eigenvalue weighted by Gasteiger charge is -2.20. The summed E-state index contributed by atoms with van der Waals surface area (Å²) in [6.07, 6.45) is 6.19. The number of nitriles is 1. The Morgan fingerprint density at radius 1 is 1.23 bits per heavy atom. The van der Waals surface area contributed by atoms with E-state index in [4.69, 9.17) is 9.72 Å². The second kappa shape index (κ2) is 7.52. The molecule has 2 aliphatic rings. The Labute approximate surface area is 182 Å². The zero-order valence-corrected chi connectivity index (χ0v) is 18.4. The molecule has 1 saturated heterocycles. The molecule has 1 aliphatic heterocycles. The number of hydrogen-bond donors (Lipinski definition) is 0. The number of fused-ring (bicyclic) bond motifs is 2. The molecule has 0 bridgehead atoms. The predicted octanol–water partition coefficient (Wildman–Crippen LogP) is 3.69. The first kappa shape index (κ1) is 19.8. The van der Waals surface area contributed by atoms with Crippen molar-refractivity contribution in [3.8, 4) is 11.9 Å². The number of anilines is 1. The van der Waals surface area contributed by atoms with E-state index in [2.05, 4.69) is 41.8 Å². The van der Waals surface area contributed by atoms with Gasteiger partial charge in [0.25, 0.3) is 0 Å². The number of ether oxygens (including phenoxy) is 1. The Kier molecular flexibility index (Phi) is 4.81. The lowest BCUT2D eigenvalue weighted by molar-refractivity contribution is 0.249. The molecule has 1 aliphatic carbocycles. The topological polar surface area (TPSA) is 79.3 Å². The van der Waals surface area contributed by atoms with Crippen LogP contribution >= 0.6 is 0 Å². The molecule has 0 N–H and O–H groups in total. The maximum atomic E-state index is 9.61. The molecular formula is C24H28N6O. The Morgan fingerprint density at radius 3 is 2.90 bits per heavy atom. The van der Waals surface area contributed by atoms with Crippen LogP contribution in [0.25, 0.3) is 5.65 Å². The van der Waals surface area contributed by atoms with Crippen LogP contribution in [0.1, 0.15) is 56.1 Å². The number of aromatic nitrogens is 4. The van der Waals surface area contributed by atoms with E-state index in [-0.39, 0.29) is 5.41 Å². The van der Waals surface area contributed by atoms with Gasteiger partial charge in [-0.05, 0) is 43.4 Å². The summed E-state index contributed by atoms with van der Waals surface area (Å²) in [7, 11) is 0. The zero-order valence-electron chi connectivity index (χ0n) is 18.4. The van der Waals surface area contributed by atoms with Gasteiger partial charge in [-0.1, -0.05) is 20.8 Å². The third kappa shape index (κ3) is 3.83. The molecular weight excluding hydrogens is 388 g/mol. The summed E-state index contributed by atoms with van der Waals surface area (Å²) in [4.78, 5) is 11.8. The summed E-state index contributed by atoms with van der Waals surface area (Å²) < 4.78 is 7.83. The largest absolute Gasteiger partial charge is 0.476 e. The van der Waals surface area contributed by atoms with Crippen molar-refractivity contribution >= 4 is 11.5 Å². The van der Waals surface area contributed by atoms with Crippen molar-refractivity contribution in [2.45, 2.75) is 51.9 Å². The second-order valence-electron chi connectivity index (χ2n) is 9.69. The Morgan fingerprint density at radius 2 is 2.10 bits per heavy atom. The van der Waals surface area contributed by atoms with E-state index >= 15 is 0 Å². The van der Waals surface area contributed by atoms with Gasteiger partial charge in [0.15, 0.2) is 5.65 Å². The quantitative estimate of drug-likeness (QED) is 0.645. The highest BCUT2D eigenvalue weighted by Gasteiger charge is 2.28. The minimum absolute atomic E-state index is 0.0180. The summed E-state index contributed by atoms with van der Waals surface area (Å²) in [5.74, 6) is 1.84. The molecule has 3 aromatic rings. The minimum Gasteiger partial charge on any atom is -0.476 e. The molecule has 1 unspecified atom stereocenters. The SMILES string of the molecule is CC(C)(C)c1cn2nc(OCC3CCN(c4nc5c(cc4C#N)CCC5)C3)ccc2n1. The third-order valence-corrected chi connectivity index (χ3v) is 6.27. The number of aryl methyl sites for hydroxylation is 2. The fraction of sp³-hybridized carbons (Fsp3) is 0.500. The van der Waals surface area contributed by atoms with Crippen molar-refractivity contribution in [1.82, 2.24) is 19.6 Å². The average molecular weight is 417 g/mol. The smallest absolute Gasteiger partial charge is 0.231 e. The number of imidazole rings is 1. The monoisotopic (exact) mass is 416 g/mol. The molecule has 7 nitrogen and oxygen atoms in total.